The third-order valence-corrected chi connectivity index (χ3v) is 3.98. The highest BCUT2D eigenvalue weighted by Gasteiger charge is 2.28. The molecule has 0 bridgehead atoms. The van der Waals surface area contributed by atoms with Crippen molar-refractivity contribution < 1.29 is 14.3 Å². The Bertz CT molecular complexity index is 305. The van der Waals surface area contributed by atoms with E-state index in [1.54, 1.807) is 4.90 Å². The van der Waals surface area contributed by atoms with Gasteiger partial charge in [0.2, 0.25) is 0 Å². The van der Waals surface area contributed by atoms with Crippen molar-refractivity contribution in [3.8, 4) is 0 Å². The highest BCUT2D eigenvalue weighted by atomic mass is 16.5. The zero-order chi connectivity index (χ0) is 13.0. The zero-order valence-electron chi connectivity index (χ0n) is 11.1. The van der Waals surface area contributed by atoms with Gasteiger partial charge in [-0.05, 0) is 44.7 Å². The first-order chi connectivity index (χ1) is 8.70. The maximum Gasteiger partial charge on any atom is 0.396 e. The summed E-state index contributed by atoms with van der Waals surface area (Å²) in [6.45, 7) is 4.97. The lowest BCUT2D eigenvalue weighted by atomic mass is 9.96. The van der Waals surface area contributed by atoms with E-state index in [0.29, 0.717) is 19.0 Å². The van der Waals surface area contributed by atoms with Crippen molar-refractivity contribution in [2.24, 2.45) is 5.92 Å². The first kappa shape index (κ1) is 13.3. The number of carbonyl (C=O) groups is 2. The number of ether oxygens (including phenoxy) is 1. The van der Waals surface area contributed by atoms with Crippen LogP contribution in [0.25, 0.3) is 0 Å². The number of carbonyl (C=O) groups excluding carboxylic acids is 2. The molecular weight excluding hydrogens is 232 g/mol. The standard InChI is InChI=1S/C13H22N2O3/c1-18-13(17)12(16)15-8-4-11(5-9-15)10-14-6-2-3-7-14/h11H,2-10H2,1H3. The van der Waals surface area contributed by atoms with Gasteiger partial charge in [0.25, 0.3) is 0 Å². The van der Waals surface area contributed by atoms with Gasteiger partial charge < -0.3 is 14.5 Å². The molecule has 0 aliphatic carbocycles. The summed E-state index contributed by atoms with van der Waals surface area (Å²) in [7, 11) is 1.25. The van der Waals surface area contributed by atoms with Crippen LogP contribution in [0.1, 0.15) is 25.7 Å². The number of nitrogens with zero attached hydrogens (tertiary/aromatic N) is 2. The summed E-state index contributed by atoms with van der Waals surface area (Å²) in [5.41, 5.74) is 0. The fourth-order valence-corrected chi connectivity index (χ4v) is 2.87. The molecular formula is C13H22N2O3. The average Bonchev–Trinajstić information content (AvgIpc) is 2.91. The van der Waals surface area contributed by atoms with Crippen LogP contribution in [0.15, 0.2) is 0 Å². The Balaban J connectivity index is 1.73. The molecule has 0 saturated carbocycles. The second-order valence-corrected chi connectivity index (χ2v) is 5.23. The van der Waals surface area contributed by atoms with Crippen LogP contribution in [-0.4, -0.2) is 61.5 Å². The Labute approximate surface area is 108 Å². The fraction of sp³-hybridized carbons (Fsp3) is 0.846. The largest absolute Gasteiger partial charge is 0.462 e. The summed E-state index contributed by atoms with van der Waals surface area (Å²) in [5, 5.41) is 0. The minimum atomic E-state index is -0.743. The second-order valence-electron chi connectivity index (χ2n) is 5.23. The molecule has 18 heavy (non-hydrogen) atoms. The Hall–Kier alpha value is -1.10. The smallest absolute Gasteiger partial charge is 0.396 e. The molecule has 102 valence electrons. The molecule has 5 nitrogen and oxygen atoms in total. The zero-order valence-corrected chi connectivity index (χ0v) is 11.1. The molecule has 2 saturated heterocycles. The maximum atomic E-state index is 11.6. The van der Waals surface area contributed by atoms with Crippen molar-refractivity contribution >= 4 is 11.9 Å². The first-order valence-electron chi connectivity index (χ1n) is 6.80. The van der Waals surface area contributed by atoms with E-state index in [2.05, 4.69) is 9.64 Å². The van der Waals surface area contributed by atoms with Crippen molar-refractivity contribution in [1.29, 1.82) is 0 Å². The number of hydrogen-bond acceptors (Lipinski definition) is 4. The normalized spacial score (nSPS) is 22.2. The van der Waals surface area contributed by atoms with Crippen LogP contribution in [0.5, 0.6) is 0 Å². The van der Waals surface area contributed by atoms with Crippen LogP contribution in [-0.2, 0) is 14.3 Å². The minimum absolute atomic E-state index is 0.489. The third-order valence-electron chi connectivity index (χ3n) is 3.98. The van der Waals surface area contributed by atoms with Crippen molar-refractivity contribution in [2.45, 2.75) is 25.7 Å². The number of likely N-dealkylation sites (tertiary alicyclic amines) is 2. The average molecular weight is 254 g/mol. The van der Waals surface area contributed by atoms with E-state index in [4.69, 9.17) is 0 Å². The third kappa shape index (κ3) is 3.22. The number of methoxy groups -OCH3 is 1. The van der Waals surface area contributed by atoms with E-state index in [-0.39, 0.29) is 0 Å². The monoisotopic (exact) mass is 254 g/mol. The van der Waals surface area contributed by atoms with Gasteiger partial charge in [0.05, 0.1) is 7.11 Å². The van der Waals surface area contributed by atoms with E-state index < -0.39 is 11.9 Å². The van der Waals surface area contributed by atoms with Crippen LogP contribution in [0.4, 0.5) is 0 Å². The van der Waals surface area contributed by atoms with Crippen LogP contribution in [0.3, 0.4) is 0 Å². The second kappa shape index (κ2) is 6.18. The number of rotatable bonds is 2. The van der Waals surface area contributed by atoms with Gasteiger partial charge in [-0.3, -0.25) is 4.79 Å². The fourth-order valence-electron chi connectivity index (χ4n) is 2.87. The molecule has 2 heterocycles. The predicted molar refractivity (Wildman–Crippen MR) is 67.0 cm³/mol. The summed E-state index contributed by atoms with van der Waals surface area (Å²) >= 11 is 0. The maximum absolute atomic E-state index is 11.6. The molecule has 0 aromatic heterocycles. The van der Waals surface area contributed by atoms with Gasteiger partial charge in [0, 0.05) is 19.6 Å². The van der Waals surface area contributed by atoms with Gasteiger partial charge in [-0.2, -0.15) is 0 Å². The van der Waals surface area contributed by atoms with E-state index in [9.17, 15) is 9.59 Å². The molecule has 2 aliphatic rings. The van der Waals surface area contributed by atoms with E-state index >= 15 is 0 Å². The van der Waals surface area contributed by atoms with Gasteiger partial charge >= 0.3 is 11.9 Å². The molecule has 0 N–H and O–H groups in total. The van der Waals surface area contributed by atoms with Gasteiger partial charge in [0.15, 0.2) is 0 Å². The van der Waals surface area contributed by atoms with Gasteiger partial charge in [0.1, 0.15) is 0 Å². The van der Waals surface area contributed by atoms with Crippen LogP contribution in [0.2, 0.25) is 0 Å². The number of amides is 1. The van der Waals surface area contributed by atoms with Gasteiger partial charge in [-0.1, -0.05) is 0 Å². The molecule has 2 fully saturated rings. The lowest BCUT2D eigenvalue weighted by Crippen LogP contribution is -2.44. The highest BCUT2D eigenvalue weighted by molar-refractivity contribution is 6.32. The molecule has 0 spiro atoms. The van der Waals surface area contributed by atoms with Gasteiger partial charge in [-0.25, -0.2) is 4.79 Å². The summed E-state index contributed by atoms with van der Waals surface area (Å²) in [5.74, 6) is -0.560. The SMILES string of the molecule is COC(=O)C(=O)N1CCC(CN2CCCC2)CC1. The Morgan fingerprint density at radius 2 is 1.72 bits per heavy atom. The lowest BCUT2D eigenvalue weighted by molar-refractivity contribution is -0.158. The van der Waals surface area contributed by atoms with Crippen molar-refractivity contribution in [3.63, 3.8) is 0 Å². The van der Waals surface area contributed by atoms with Crippen molar-refractivity contribution in [3.05, 3.63) is 0 Å². The minimum Gasteiger partial charge on any atom is -0.462 e. The molecule has 0 radical (unpaired) electrons. The molecule has 2 aliphatic heterocycles. The molecule has 0 aromatic rings. The van der Waals surface area contributed by atoms with Crippen LogP contribution >= 0.6 is 0 Å². The molecule has 0 atom stereocenters. The molecule has 2 rings (SSSR count). The summed E-state index contributed by atoms with van der Waals surface area (Å²) in [6.07, 6.45) is 4.64. The van der Waals surface area contributed by atoms with Crippen molar-refractivity contribution in [2.75, 3.05) is 39.8 Å². The topological polar surface area (TPSA) is 49.9 Å². The van der Waals surface area contributed by atoms with E-state index in [1.165, 1.54) is 33.0 Å². The van der Waals surface area contributed by atoms with E-state index in [0.717, 1.165) is 19.4 Å². The first-order valence-corrected chi connectivity index (χ1v) is 6.80. The summed E-state index contributed by atoms with van der Waals surface area (Å²) in [4.78, 5) is 26.9. The molecule has 1 amide bonds. The lowest BCUT2D eigenvalue weighted by Gasteiger charge is -2.33. The molecule has 0 aromatic carbocycles. The van der Waals surface area contributed by atoms with Crippen LogP contribution < -0.4 is 0 Å². The number of hydrogen-bond donors (Lipinski definition) is 0. The van der Waals surface area contributed by atoms with Crippen molar-refractivity contribution in [1.82, 2.24) is 9.80 Å². The quantitative estimate of drug-likeness (QED) is 0.532. The van der Waals surface area contributed by atoms with Crippen LogP contribution in [0, 0.1) is 5.92 Å². The predicted octanol–water partition coefficient (Wildman–Crippen LogP) is 0.494. The molecule has 5 heteroatoms. The molecule has 0 unspecified atom stereocenters. The Kier molecular flexibility index (Phi) is 4.58. The van der Waals surface area contributed by atoms with E-state index in [1.807, 2.05) is 0 Å². The van der Waals surface area contributed by atoms with Gasteiger partial charge in [-0.15, -0.1) is 0 Å². The Morgan fingerprint density at radius 3 is 2.28 bits per heavy atom. The summed E-state index contributed by atoms with van der Waals surface area (Å²) < 4.78 is 4.46. The summed E-state index contributed by atoms with van der Waals surface area (Å²) in [6, 6.07) is 0. The number of piperidine rings is 1. The Morgan fingerprint density at radius 1 is 1.11 bits per heavy atom. The number of esters is 1. The highest BCUT2D eigenvalue weighted by Crippen LogP contribution is 2.20.